The standard InChI is InChI=1S/C46H29NOS/c1-3-13-30(14-4-1)34-20-11-21-38-41-29-40(35-17-7-8-19-37(35)45(41)48-44(34)38)31-25-27-33(28-26-31)47(32-15-5-2-6-16-32)42-23-12-22-39-36-18-9-10-24-43(36)49-46(39)42/h1-29H. The largest absolute Gasteiger partial charge is 0.455 e. The molecule has 10 rings (SSSR count). The zero-order valence-electron chi connectivity index (χ0n) is 26.5. The number of benzene rings is 8. The van der Waals surface area contributed by atoms with E-state index in [9.17, 15) is 0 Å². The van der Waals surface area contributed by atoms with E-state index in [1.807, 2.05) is 11.3 Å². The van der Waals surface area contributed by atoms with Crippen molar-refractivity contribution in [1.29, 1.82) is 0 Å². The summed E-state index contributed by atoms with van der Waals surface area (Å²) in [4.78, 5) is 2.39. The third-order valence-corrected chi connectivity index (χ3v) is 10.9. The molecular formula is C46H29NOS. The molecule has 0 atom stereocenters. The van der Waals surface area contributed by atoms with Crippen LogP contribution in [0.4, 0.5) is 17.1 Å². The highest BCUT2D eigenvalue weighted by Crippen LogP contribution is 2.46. The molecule has 0 saturated heterocycles. The van der Waals surface area contributed by atoms with Gasteiger partial charge in [-0.15, -0.1) is 11.3 Å². The third kappa shape index (κ3) is 4.47. The van der Waals surface area contributed by atoms with Crippen LogP contribution >= 0.6 is 11.3 Å². The Balaban J connectivity index is 1.15. The predicted molar refractivity (Wildman–Crippen MR) is 210 cm³/mol. The summed E-state index contributed by atoms with van der Waals surface area (Å²) in [6.45, 7) is 0. The molecule has 0 unspecified atom stereocenters. The molecule has 2 aromatic heterocycles. The zero-order valence-corrected chi connectivity index (χ0v) is 27.3. The smallest absolute Gasteiger partial charge is 0.143 e. The lowest BCUT2D eigenvalue weighted by Gasteiger charge is -2.26. The Kier molecular flexibility index (Phi) is 6.39. The maximum absolute atomic E-state index is 6.74. The minimum atomic E-state index is 0.926. The van der Waals surface area contributed by atoms with Gasteiger partial charge in [-0.1, -0.05) is 133 Å². The van der Waals surface area contributed by atoms with Crippen LogP contribution in [0.1, 0.15) is 0 Å². The molecule has 0 aliphatic carbocycles. The van der Waals surface area contributed by atoms with E-state index in [4.69, 9.17) is 4.42 Å². The van der Waals surface area contributed by atoms with Gasteiger partial charge in [-0.2, -0.15) is 0 Å². The first kappa shape index (κ1) is 27.9. The van der Waals surface area contributed by atoms with Crippen molar-refractivity contribution in [2.45, 2.75) is 0 Å². The van der Waals surface area contributed by atoms with Crippen molar-refractivity contribution in [3.63, 3.8) is 0 Å². The summed E-state index contributed by atoms with van der Waals surface area (Å²) in [5, 5.41) is 7.16. The molecule has 0 fully saturated rings. The van der Waals surface area contributed by atoms with Gasteiger partial charge >= 0.3 is 0 Å². The van der Waals surface area contributed by atoms with Crippen LogP contribution in [0.5, 0.6) is 0 Å². The van der Waals surface area contributed by atoms with E-state index < -0.39 is 0 Å². The number of para-hydroxylation sites is 2. The maximum atomic E-state index is 6.74. The molecular weight excluding hydrogens is 615 g/mol. The fraction of sp³-hybridized carbons (Fsp3) is 0. The summed E-state index contributed by atoms with van der Waals surface area (Å²) < 4.78 is 9.33. The monoisotopic (exact) mass is 643 g/mol. The van der Waals surface area contributed by atoms with Crippen LogP contribution in [-0.2, 0) is 0 Å². The molecule has 49 heavy (non-hydrogen) atoms. The number of fused-ring (bicyclic) bond motifs is 8. The van der Waals surface area contributed by atoms with Gasteiger partial charge in [0.1, 0.15) is 11.2 Å². The van der Waals surface area contributed by atoms with Gasteiger partial charge in [0.15, 0.2) is 0 Å². The molecule has 10 aromatic rings. The zero-order chi connectivity index (χ0) is 32.3. The molecule has 0 spiro atoms. The van der Waals surface area contributed by atoms with Gasteiger partial charge in [-0.3, -0.25) is 0 Å². The lowest BCUT2D eigenvalue weighted by Crippen LogP contribution is -2.09. The Morgan fingerprint density at radius 2 is 0.980 bits per heavy atom. The first-order valence-electron chi connectivity index (χ1n) is 16.6. The van der Waals surface area contributed by atoms with Gasteiger partial charge in [0.25, 0.3) is 0 Å². The molecule has 2 heterocycles. The highest BCUT2D eigenvalue weighted by atomic mass is 32.1. The molecule has 0 N–H and O–H groups in total. The highest BCUT2D eigenvalue weighted by Gasteiger charge is 2.20. The molecule has 0 aliphatic rings. The molecule has 0 bridgehead atoms. The van der Waals surface area contributed by atoms with Crippen molar-refractivity contribution in [1.82, 2.24) is 0 Å². The van der Waals surface area contributed by atoms with Crippen molar-refractivity contribution in [2.24, 2.45) is 0 Å². The number of furan rings is 1. The molecule has 8 aromatic carbocycles. The normalized spacial score (nSPS) is 11.7. The van der Waals surface area contributed by atoms with E-state index in [-0.39, 0.29) is 0 Å². The quantitative estimate of drug-likeness (QED) is 0.186. The average Bonchev–Trinajstić information content (AvgIpc) is 3.75. The number of hydrogen-bond donors (Lipinski definition) is 0. The van der Waals surface area contributed by atoms with Crippen molar-refractivity contribution < 1.29 is 4.42 Å². The minimum Gasteiger partial charge on any atom is -0.455 e. The Bertz CT molecular complexity index is 2810. The maximum Gasteiger partial charge on any atom is 0.143 e. The topological polar surface area (TPSA) is 16.4 Å². The minimum absolute atomic E-state index is 0.926. The second-order valence-electron chi connectivity index (χ2n) is 12.5. The molecule has 2 nitrogen and oxygen atoms in total. The van der Waals surface area contributed by atoms with Gasteiger partial charge < -0.3 is 9.32 Å². The van der Waals surface area contributed by atoms with Gasteiger partial charge in [-0.25, -0.2) is 0 Å². The van der Waals surface area contributed by atoms with Gasteiger partial charge in [0, 0.05) is 48.6 Å². The lowest BCUT2D eigenvalue weighted by atomic mass is 9.94. The van der Waals surface area contributed by atoms with E-state index in [0.29, 0.717) is 0 Å². The van der Waals surface area contributed by atoms with E-state index in [2.05, 4.69) is 181 Å². The van der Waals surface area contributed by atoms with Gasteiger partial charge in [0.05, 0.1) is 10.4 Å². The fourth-order valence-corrected chi connectivity index (χ4v) is 8.61. The van der Waals surface area contributed by atoms with Crippen LogP contribution in [0.3, 0.4) is 0 Å². The summed E-state index contributed by atoms with van der Waals surface area (Å²) in [5.41, 5.74) is 9.92. The first-order chi connectivity index (χ1) is 24.3. The van der Waals surface area contributed by atoms with E-state index >= 15 is 0 Å². The van der Waals surface area contributed by atoms with Crippen LogP contribution in [0.15, 0.2) is 180 Å². The highest BCUT2D eigenvalue weighted by molar-refractivity contribution is 7.26. The Hall–Kier alpha value is -6.16. The van der Waals surface area contributed by atoms with Crippen LogP contribution in [-0.4, -0.2) is 0 Å². The van der Waals surface area contributed by atoms with E-state index in [1.165, 1.54) is 42.4 Å². The molecule has 3 heteroatoms. The van der Waals surface area contributed by atoms with Crippen LogP contribution in [0, 0.1) is 0 Å². The Labute approximate surface area is 287 Å². The summed E-state index contributed by atoms with van der Waals surface area (Å²) in [7, 11) is 0. The second kappa shape index (κ2) is 11.2. The molecule has 0 radical (unpaired) electrons. The van der Waals surface area contributed by atoms with Crippen molar-refractivity contribution in [3.05, 3.63) is 176 Å². The number of thiophene rings is 1. The summed E-state index contributed by atoms with van der Waals surface area (Å²) in [5.74, 6) is 0. The SMILES string of the molecule is c1ccc(-c2cccc3c2oc2c4ccccc4c(-c4ccc(N(c5ccccc5)c5cccc6c5sc5ccccc56)cc4)cc32)cc1. The fourth-order valence-electron chi connectivity index (χ4n) is 7.41. The van der Waals surface area contributed by atoms with Crippen molar-refractivity contribution in [3.8, 4) is 22.3 Å². The molecule has 0 aliphatic heterocycles. The van der Waals surface area contributed by atoms with Crippen LogP contribution in [0.2, 0.25) is 0 Å². The summed E-state index contributed by atoms with van der Waals surface area (Å²) in [6.07, 6.45) is 0. The third-order valence-electron chi connectivity index (χ3n) is 9.66. The Morgan fingerprint density at radius 3 is 1.80 bits per heavy atom. The van der Waals surface area contributed by atoms with Gasteiger partial charge in [0.2, 0.25) is 0 Å². The first-order valence-corrected chi connectivity index (χ1v) is 17.4. The average molecular weight is 644 g/mol. The molecule has 0 saturated carbocycles. The van der Waals surface area contributed by atoms with Crippen molar-refractivity contribution >= 4 is 81.3 Å². The number of hydrogen-bond acceptors (Lipinski definition) is 3. The van der Waals surface area contributed by atoms with Crippen LogP contribution in [0.25, 0.3) is 75.1 Å². The lowest BCUT2D eigenvalue weighted by molar-refractivity contribution is 0.674. The summed E-state index contributed by atoms with van der Waals surface area (Å²) >= 11 is 1.86. The van der Waals surface area contributed by atoms with E-state index in [0.717, 1.165) is 49.8 Å². The van der Waals surface area contributed by atoms with Crippen LogP contribution < -0.4 is 4.90 Å². The van der Waals surface area contributed by atoms with Gasteiger partial charge in [-0.05, 0) is 64.5 Å². The summed E-state index contributed by atoms with van der Waals surface area (Å²) in [6, 6.07) is 63.0. The molecule has 0 amide bonds. The number of nitrogens with zero attached hydrogens (tertiary/aromatic N) is 1. The van der Waals surface area contributed by atoms with E-state index in [1.54, 1.807) is 0 Å². The second-order valence-corrected chi connectivity index (χ2v) is 13.5. The molecule has 230 valence electrons. The van der Waals surface area contributed by atoms with Crippen molar-refractivity contribution in [2.75, 3.05) is 4.90 Å². The number of anilines is 3. The predicted octanol–water partition coefficient (Wildman–Crippen LogP) is 13.9. The Morgan fingerprint density at radius 1 is 0.388 bits per heavy atom. The number of rotatable bonds is 5.